The van der Waals surface area contributed by atoms with E-state index >= 15 is 0 Å². The Morgan fingerprint density at radius 1 is 1.60 bits per heavy atom. The molecule has 78 valence electrons. The third-order valence-electron chi connectivity index (χ3n) is 1.68. The highest BCUT2D eigenvalue weighted by molar-refractivity contribution is 5.91. The fourth-order valence-corrected chi connectivity index (χ4v) is 1.01. The van der Waals surface area contributed by atoms with Crippen molar-refractivity contribution in [2.45, 2.75) is 6.43 Å². The Kier molecular flexibility index (Phi) is 2.80. The SMILES string of the molecule is N#Cc1cc(C(N)=O)[nH]c(=O)c1C(F)F. The molecular formula is C8H5F2N3O2. The second-order valence-corrected chi connectivity index (χ2v) is 2.62. The summed E-state index contributed by atoms with van der Waals surface area (Å²) in [6, 6.07) is 2.23. The molecule has 0 saturated carbocycles. The first-order chi connectivity index (χ1) is 6.97. The van der Waals surface area contributed by atoms with Crippen LogP contribution in [-0.4, -0.2) is 10.9 Å². The molecule has 0 bridgehead atoms. The van der Waals surface area contributed by atoms with Crippen molar-refractivity contribution >= 4 is 5.91 Å². The van der Waals surface area contributed by atoms with Crippen LogP contribution in [0.25, 0.3) is 0 Å². The Morgan fingerprint density at radius 2 is 2.20 bits per heavy atom. The van der Waals surface area contributed by atoms with Crippen molar-refractivity contribution in [3.05, 3.63) is 33.2 Å². The van der Waals surface area contributed by atoms with Gasteiger partial charge in [-0.25, -0.2) is 8.78 Å². The quantitative estimate of drug-likeness (QED) is 0.737. The van der Waals surface area contributed by atoms with Gasteiger partial charge < -0.3 is 10.7 Å². The van der Waals surface area contributed by atoms with Gasteiger partial charge in [-0.05, 0) is 6.07 Å². The summed E-state index contributed by atoms with van der Waals surface area (Å²) in [5.74, 6) is -0.996. The zero-order valence-corrected chi connectivity index (χ0v) is 7.25. The van der Waals surface area contributed by atoms with Crippen LogP contribution in [0.1, 0.15) is 28.0 Å². The molecule has 1 rings (SSSR count). The second-order valence-electron chi connectivity index (χ2n) is 2.62. The molecule has 15 heavy (non-hydrogen) atoms. The number of nitriles is 1. The summed E-state index contributed by atoms with van der Waals surface area (Å²) in [6.45, 7) is 0. The number of nitrogens with two attached hydrogens (primary N) is 1. The molecule has 1 aromatic heterocycles. The number of aromatic nitrogens is 1. The van der Waals surface area contributed by atoms with Crippen molar-refractivity contribution < 1.29 is 13.6 Å². The highest BCUT2D eigenvalue weighted by Crippen LogP contribution is 2.18. The van der Waals surface area contributed by atoms with Crippen molar-refractivity contribution in [3.8, 4) is 6.07 Å². The Balaban J connectivity index is 3.53. The van der Waals surface area contributed by atoms with Gasteiger partial charge in [-0.1, -0.05) is 0 Å². The lowest BCUT2D eigenvalue weighted by molar-refractivity contribution is 0.0994. The molecule has 1 aromatic rings. The summed E-state index contributed by atoms with van der Waals surface area (Å²) >= 11 is 0. The predicted molar refractivity (Wildman–Crippen MR) is 45.3 cm³/mol. The van der Waals surface area contributed by atoms with Crippen LogP contribution in [0.4, 0.5) is 8.78 Å². The van der Waals surface area contributed by atoms with E-state index in [9.17, 15) is 18.4 Å². The van der Waals surface area contributed by atoms with Crippen LogP contribution in [-0.2, 0) is 0 Å². The average Bonchev–Trinajstić information content (AvgIpc) is 2.15. The Labute approximate surface area is 82.1 Å². The van der Waals surface area contributed by atoms with E-state index in [4.69, 9.17) is 11.0 Å². The van der Waals surface area contributed by atoms with Crippen LogP contribution >= 0.6 is 0 Å². The molecule has 0 atom stereocenters. The Hall–Kier alpha value is -2.23. The number of nitrogens with one attached hydrogen (secondary N) is 1. The zero-order valence-electron chi connectivity index (χ0n) is 7.25. The predicted octanol–water partition coefficient (Wildman–Crippen LogP) is 0.283. The molecule has 0 spiro atoms. The molecule has 0 aliphatic rings. The van der Waals surface area contributed by atoms with E-state index in [0.29, 0.717) is 0 Å². The highest BCUT2D eigenvalue weighted by Gasteiger charge is 2.19. The van der Waals surface area contributed by atoms with Crippen molar-refractivity contribution in [2.24, 2.45) is 5.73 Å². The number of H-pyrrole nitrogens is 1. The average molecular weight is 213 g/mol. The number of nitrogens with zero attached hydrogens (tertiary/aromatic N) is 1. The van der Waals surface area contributed by atoms with Crippen LogP contribution in [0.3, 0.4) is 0 Å². The van der Waals surface area contributed by atoms with E-state index < -0.39 is 29.0 Å². The van der Waals surface area contributed by atoms with Gasteiger partial charge >= 0.3 is 0 Å². The largest absolute Gasteiger partial charge is 0.364 e. The van der Waals surface area contributed by atoms with Gasteiger partial charge in [0.1, 0.15) is 11.3 Å². The smallest absolute Gasteiger partial charge is 0.270 e. The van der Waals surface area contributed by atoms with Gasteiger partial charge in [0.15, 0.2) is 0 Å². The fourth-order valence-electron chi connectivity index (χ4n) is 1.01. The van der Waals surface area contributed by atoms with Crippen molar-refractivity contribution in [1.82, 2.24) is 4.98 Å². The number of amides is 1. The molecule has 3 N–H and O–H groups in total. The minimum absolute atomic E-state index is 0.374. The number of aromatic amines is 1. The molecule has 0 radical (unpaired) electrons. The normalized spacial score (nSPS) is 10.0. The Morgan fingerprint density at radius 3 is 2.60 bits per heavy atom. The van der Waals surface area contributed by atoms with Crippen LogP contribution in [0.15, 0.2) is 10.9 Å². The topological polar surface area (TPSA) is 99.7 Å². The van der Waals surface area contributed by atoms with Crippen LogP contribution in [0, 0.1) is 11.3 Å². The van der Waals surface area contributed by atoms with Crippen LogP contribution in [0.5, 0.6) is 0 Å². The number of pyridine rings is 1. The number of carbonyl (C=O) groups is 1. The molecule has 7 heteroatoms. The molecule has 0 unspecified atom stereocenters. The maximum atomic E-state index is 12.3. The van der Waals surface area contributed by atoms with Crippen molar-refractivity contribution in [1.29, 1.82) is 5.26 Å². The van der Waals surface area contributed by atoms with E-state index in [1.807, 2.05) is 4.98 Å². The van der Waals surface area contributed by atoms with Gasteiger partial charge in [0.2, 0.25) is 0 Å². The van der Waals surface area contributed by atoms with Crippen LogP contribution in [0.2, 0.25) is 0 Å². The van der Waals surface area contributed by atoms with E-state index in [2.05, 4.69) is 0 Å². The highest BCUT2D eigenvalue weighted by atomic mass is 19.3. The third kappa shape index (κ3) is 1.99. The minimum Gasteiger partial charge on any atom is -0.364 e. The number of primary amides is 1. The van der Waals surface area contributed by atoms with Crippen LogP contribution < -0.4 is 11.3 Å². The van der Waals surface area contributed by atoms with Gasteiger partial charge in [-0.2, -0.15) is 5.26 Å². The van der Waals surface area contributed by atoms with E-state index in [-0.39, 0.29) is 5.69 Å². The number of hydrogen-bond donors (Lipinski definition) is 2. The van der Waals surface area contributed by atoms with Gasteiger partial charge in [-0.3, -0.25) is 9.59 Å². The lowest BCUT2D eigenvalue weighted by atomic mass is 10.1. The van der Waals surface area contributed by atoms with Crippen molar-refractivity contribution in [3.63, 3.8) is 0 Å². The van der Waals surface area contributed by atoms with Gasteiger partial charge in [0.05, 0.1) is 11.6 Å². The summed E-state index contributed by atoms with van der Waals surface area (Å²) < 4.78 is 24.6. The van der Waals surface area contributed by atoms with E-state index in [1.165, 1.54) is 6.07 Å². The first-order valence-electron chi connectivity index (χ1n) is 3.72. The van der Waals surface area contributed by atoms with E-state index in [1.54, 1.807) is 0 Å². The summed E-state index contributed by atoms with van der Waals surface area (Å²) in [4.78, 5) is 23.6. The fraction of sp³-hybridized carbons (Fsp3) is 0.125. The Bertz CT molecular complexity index is 502. The second kappa shape index (κ2) is 3.88. The van der Waals surface area contributed by atoms with E-state index in [0.717, 1.165) is 6.07 Å². The number of rotatable bonds is 2. The minimum atomic E-state index is -3.08. The summed E-state index contributed by atoms with van der Waals surface area (Å²) in [7, 11) is 0. The maximum Gasteiger partial charge on any atom is 0.270 e. The summed E-state index contributed by atoms with van der Waals surface area (Å²) in [5.41, 5.74) is 1.76. The zero-order chi connectivity index (χ0) is 11.6. The standard InChI is InChI=1S/C8H5F2N3O2/c9-6(10)5-3(2-11)1-4(7(12)14)13-8(5)15/h1,6H,(H2,12,14)(H,13,15). The molecule has 0 aliphatic heterocycles. The maximum absolute atomic E-state index is 12.3. The number of carbonyl (C=O) groups excluding carboxylic acids is 1. The lowest BCUT2D eigenvalue weighted by Crippen LogP contribution is -2.22. The molecule has 0 aliphatic carbocycles. The molecular weight excluding hydrogens is 208 g/mol. The van der Waals surface area contributed by atoms with Gasteiger partial charge in [-0.15, -0.1) is 0 Å². The summed E-state index contributed by atoms with van der Waals surface area (Å²) in [5, 5.41) is 8.51. The molecule has 1 amide bonds. The van der Waals surface area contributed by atoms with Gasteiger partial charge in [0, 0.05) is 0 Å². The molecule has 1 heterocycles. The lowest BCUT2D eigenvalue weighted by Gasteiger charge is -2.02. The number of hydrogen-bond acceptors (Lipinski definition) is 3. The molecule has 0 aromatic carbocycles. The summed E-state index contributed by atoms with van der Waals surface area (Å²) in [6.07, 6.45) is -3.08. The molecule has 5 nitrogen and oxygen atoms in total. The molecule has 0 fully saturated rings. The monoisotopic (exact) mass is 213 g/mol. The third-order valence-corrected chi connectivity index (χ3v) is 1.68. The molecule has 0 saturated heterocycles. The number of alkyl halides is 2. The first kappa shape index (κ1) is 10.8. The van der Waals surface area contributed by atoms with Gasteiger partial charge in [0.25, 0.3) is 17.9 Å². The van der Waals surface area contributed by atoms with Crippen molar-refractivity contribution in [2.75, 3.05) is 0 Å². The first-order valence-corrected chi connectivity index (χ1v) is 3.72. The number of halogens is 2.